The van der Waals surface area contributed by atoms with Gasteiger partial charge in [0.25, 0.3) is 0 Å². The molecule has 1 heterocycles. The third-order valence-corrected chi connectivity index (χ3v) is 3.49. The van der Waals surface area contributed by atoms with Crippen LogP contribution in [-0.2, 0) is 4.79 Å². The summed E-state index contributed by atoms with van der Waals surface area (Å²) in [4.78, 5) is 10.9. The summed E-state index contributed by atoms with van der Waals surface area (Å²) in [5, 5.41) is 10.2. The van der Waals surface area contributed by atoms with Crippen LogP contribution in [0.2, 0.25) is 0 Å². The smallest absolute Gasteiger partial charge is 0.236 e. The third kappa shape index (κ3) is 3.14. The summed E-state index contributed by atoms with van der Waals surface area (Å²) < 4.78 is 26.5. The van der Waals surface area contributed by atoms with Gasteiger partial charge in [-0.1, -0.05) is 11.8 Å². The first-order valence-corrected chi connectivity index (χ1v) is 6.52. The van der Waals surface area contributed by atoms with Crippen LogP contribution >= 0.6 is 27.7 Å². The highest BCUT2D eigenvalue weighted by Gasteiger charge is 2.16. The molecule has 1 aromatic rings. The van der Waals surface area contributed by atoms with Gasteiger partial charge in [0, 0.05) is 16.1 Å². The fraction of sp³-hybridized carbons (Fsp3) is 0.100. The quantitative estimate of drug-likeness (QED) is 0.666. The summed E-state index contributed by atoms with van der Waals surface area (Å²) in [5.41, 5.74) is 0.0927. The lowest BCUT2D eigenvalue weighted by molar-refractivity contribution is -0.116. The van der Waals surface area contributed by atoms with E-state index in [0.29, 0.717) is 10.9 Å². The fourth-order valence-corrected chi connectivity index (χ4v) is 2.34. The van der Waals surface area contributed by atoms with Gasteiger partial charge in [-0.05, 0) is 22.0 Å². The molecule has 1 saturated heterocycles. The Morgan fingerprint density at radius 2 is 2.22 bits per heavy atom. The Morgan fingerprint density at radius 1 is 1.44 bits per heavy atom. The largest absolute Gasteiger partial charge is 0.303 e. The Bertz CT molecular complexity index is 539. The Balaban J connectivity index is 2.17. The van der Waals surface area contributed by atoms with Crippen LogP contribution in [0.1, 0.15) is 5.56 Å². The van der Waals surface area contributed by atoms with Crippen molar-refractivity contribution in [3.05, 3.63) is 33.8 Å². The van der Waals surface area contributed by atoms with Gasteiger partial charge >= 0.3 is 0 Å². The average Bonchev–Trinajstić information content (AvgIpc) is 2.68. The number of halogens is 3. The Labute approximate surface area is 114 Å². The van der Waals surface area contributed by atoms with E-state index in [-0.39, 0.29) is 15.9 Å². The summed E-state index contributed by atoms with van der Waals surface area (Å²) in [6, 6.07) is 1.88. The molecule has 1 amide bonds. The van der Waals surface area contributed by atoms with E-state index in [2.05, 4.69) is 31.4 Å². The van der Waals surface area contributed by atoms with Crippen molar-refractivity contribution < 1.29 is 13.6 Å². The van der Waals surface area contributed by atoms with Gasteiger partial charge < -0.3 is 5.32 Å². The molecule has 0 saturated carbocycles. The van der Waals surface area contributed by atoms with E-state index in [1.54, 1.807) is 0 Å². The zero-order valence-electron chi connectivity index (χ0n) is 8.78. The van der Waals surface area contributed by atoms with Crippen LogP contribution in [0, 0.1) is 11.6 Å². The lowest BCUT2D eigenvalue weighted by Gasteiger charge is -1.99. The predicted octanol–water partition coefficient (Wildman–Crippen LogP) is 2.28. The van der Waals surface area contributed by atoms with Crippen molar-refractivity contribution >= 4 is 45.0 Å². The van der Waals surface area contributed by atoms with E-state index >= 15 is 0 Å². The number of carbonyl (C=O) groups is 1. The zero-order valence-corrected chi connectivity index (χ0v) is 11.2. The molecule has 4 nitrogen and oxygen atoms in total. The van der Waals surface area contributed by atoms with Crippen LogP contribution in [0.25, 0.3) is 0 Å². The number of nitrogens with one attached hydrogen (secondary N) is 1. The van der Waals surface area contributed by atoms with Crippen LogP contribution < -0.4 is 5.32 Å². The van der Waals surface area contributed by atoms with Crippen LogP contribution in [-0.4, -0.2) is 23.0 Å². The first-order chi connectivity index (χ1) is 8.56. The van der Waals surface area contributed by atoms with E-state index in [1.165, 1.54) is 11.8 Å². The third-order valence-electron chi connectivity index (χ3n) is 1.97. The number of thioether (sulfide) groups is 1. The second-order valence-electron chi connectivity index (χ2n) is 3.27. The summed E-state index contributed by atoms with van der Waals surface area (Å²) in [7, 11) is 0. The van der Waals surface area contributed by atoms with Crippen LogP contribution in [0.5, 0.6) is 0 Å². The highest BCUT2D eigenvalue weighted by molar-refractivity contribution is 9.10. The van der Waals surface area contributed by atoms with Crippen LogP contribution in [0.15, 0.2) is 26.8 Å². The summed E-state index contributed by atoms with van der Waals surface area (Å²) in [5.74, 6) is -1.28. The van der Waals surface area contributed by atoms with Gasteiger partial charge in [-0.2, -0.15) is 5.10 Å². The number of amides is 1. The molecule has 1 aliphatic rings. The van der Waals surface area contributed by atoms with E-state index in [9.17, 15) is 13.6 Å². The molecule has 1 aromatic carbocycles. The van der Waals surface area contributed by atoms with Crippen molar-refractivity contribution in [3.63, 3.8) is 0 Å². The maximum absolute atomic E-state index is 13.4. The molecule has 8 heteroatoms. The maximum atomic E-state index is 13.4. The molecule has 1 fully saturated rings. The number of hydrogen-bond acceptors (Lipinski definition) is 4. The number of amidine groups is 1. The molecule has 0 spiro atoms. The number of hydrogen-bond donors (Lipinski definition) is 1. The Hall–Kier alpha value is -1.28. The Morgan fingerprint density at radius 3 is 2.83 bits per heavy atom. The summed E-state index contributed by atoms with van der Waals surface area (Å²) >= 11 is 4.23. The molecule has 0 bridgehead atoms. The number of benzene rings is 1. The molecule has 0 aromatic heterocycles. The summed E-state index contributed by atoms with van der Waals surface area (Å²) in [6.45, 7) is 0. The SMILES string of the molecule is O=C1CSC(=NN=Cc2c(F)cc(F)cc2Br)N1. The topological polar surface area (TPSA) is 53.8 Å². The molecular weight excluding hydrogens is 328 g/mol. The molecule has 1 N–H and O–H groups in total. The lowest BCUT2D eigenvalue weighted by Crippen LogP contribution is -2.19. The van der Waals surface area contributed by atoms with Crippen LogP contribution in [0.3, 0.4) is 0 Å². The highest BCUT2D eigenvalue weighted by Crippen LogP contribution is 2.20. The zero-order chi connectivity index (χ0) is 13.1. The monoisotopic (exact) mass is 333 g/mol. The standard InChI is InChI=1S/C10H6BrF2N3OS/c11-7-1-5(12)2-8(13)6(7)3-14-16-10-15-9(17)4-18-10/h1-3H,4H2,(H,15,16,17). The minimum Gasteiger partial charge on any atom is -0.303 e. The average molecular weight is 334 g/mol. The van der Waals surface area contributed by atoms with E-state index in [0.717, 1.165) is 18.3 Å². The van der Waals surface area contributed by atoms with E-state index < -0.39 is 11.6 Å². The molecule has 0 aliphatic carbocycles. The van der Waals surface area contributed by atoms with Crippen LogP contribution in [0.4, 0.5) is 8.78 Å². The van der Waals surface area contributed by atoms with Gasteiger partial charge in [0.1, 0.15) is 11.6 Å². The normalized spacial score (nSPS) is 17.7. The second-order valence-corrected chi connectivity index (χ2v) is 5.09. The lowest BCUT2D eigenvalue weighted by atomic mass is 10.2. The van der Waals surface area contributed by atoms with E-state index in [1.807, 2.05) is 0 Å². The van der Waals surface area contributed by atoms with Crippen molar-refractivity contribution in [1.82, 2.24) is 5.32 Å². The van der Waals surface area contributed by atoms with Crippen molar-refractivity contribution in [2.75, 3.05) is 5.75 Å². The molecule has 2 rings (SSSR count). The van der Waals surface area contributed by atoms with Crippen molar-refractivity contribution in [1.29, 1.82) is 0 Å². The molecule has 0 unspecified atom stereocenters. The van der Waals surface area contributed by atoms with Gasteiger partial charge in [-0.25, -0.2) is 8.78 Å². The van der Waals surface area contributed by atoms with Gasteiger partial charge in [-0.3, -0.25) is 4.79 Å². The fourth-order valence-electron chi connectivity index (χ4n) is 1.19. The maximum Gasteiger partial charge on any atom is 0.236 e. The van der Waals surface area contributed by atoms with Gasteiger partial charge in [0.2, 0.25) is 5.91 Å². The highest BCUT2D eigenvalue weighted by atomic mass is 79.9. The number of rotatable bonds is 2. The van der Waals surface area contributed by atoms with Gasteiger partial charge in [-0.15, -0.1) is 5.10 Å². The minimum atomic E-state index is -0.742. The predicted molar refractivity (Wildman–Crippen MR) is 69.7 cm³/mol. The number of nitrogens with zero attached hydrogens (tertiary/aromatic N) is 2. The molecule has 0 radical (unpaired) electrons. The first-order valence-electron chi connectivity index (χ1n) is 4.74. The minimum absolute atomic E-state index is 0.0927. The first kappa shape index (κ1) is 13.2. The van der Waals surface area contributed by atoms with Crippen molar-refractivity contribution in [3.8, 4) is 0 Å². The van der Waals surface area contributed by atoms with Crippen molar-refractivity contribution in [2.24, 2.45) is 10.2 Å². The molecule has 18 heavy (non-hydrogen) atoms. The van der Waals surface area contributed by atoms with Gasteiger partial charge in [0.15, 0.2) is 5.17 Å². The molecule has 94 valence electrons. The van der Waals surface area contributed by atoms with Crippen molar-refractivity contribution in [2.45, 2.75) is 0 Å². The molecule has 1 aliphatic heterocycles. The number of carbonyl (C=O) groups excluding carboxylic acids is 1. The van der Waals surface area contributed by atoms with E-state index in [4.69, 9.17) is 0 Å². The van der Waals surface area contributed by atoms with Gasteiger partial charge in [0.05, 0.1) is 12.0 Å². The second kappa shape index (κ2) is 5.57. The Kier molecular flexibility index (Phi) is 4.07. The molecule has 0 atom stereocenters. The molecular formula is C10H6BrF2N3OS. The summed E-state index contributed by atoms with van der Waals surface area (Å²) in [6.07, 6.45) is 1.15.